The third-order valence-corrected chi connectivity index (χ3v) is 9.86. The number of hydrogen-bond donors (Lipinski definition) is 1. The Labute approximate surface area is 228 Å². The maximum absolute atomic E-state index is 13.9. The van der Waals surface area contributed by atoms with E-state index in [1.165, 1.54) is 0 Å². The van der Waals surface area contributed by atoms with Gasteiger partial charge in [0.05, 0.1) is 31.7 Å². The zero-order chi connectivity index (χ0) is 28.1. The van der Waals surface area contributed by atoms with Crippen LogP contribution >= 0.6 is 0 Å². The topological polar surface area (TPSA) is 139 Å². The average molecular weight is 558 g/mol. The predicted molar refractivity (Wildman–Crippen MR) is 143 cm³/mol. The molecule has 3 fully saturated rings. The Balaban J connectivity index is 1.56. The van der Waals surface area contributed by atoms with Gasteiger partial charge in [-0.3, -0.25) is 4.57 Å². The Hall–Kier alpha value is -3.09. The molecular formula is C27H35N5O6S. The van der Waals surface area contributed by atoms with Gasteiger partial charge in [0.15, 0.2) is 21.5 Å². The molecule has 2 bridgehead atoms. The molecule has 0 radical (unpaired) electrons. The van der Waals surface area contributed by atoms with E-state index in [9.17, 15) is 13.5 Å². The molecule has 3 saturated carbocycles. The lowest BCUT2D eigenvalue weighted by atomic mass is 9.45. The summed E-state index contributed by atoms with van der Waals surface area (Å²) in [6, 6.07) is 5.35. The monoisotopic (exact) mass is 557 g/mol. The molecule has 2 heterocycles. The molecule has 2 aromatic heterocycles. The van der Waals surface area contributed by atoms with Gasteiger partial charge in [-0.25, -0.2) is 18.4 Å². The Morgan fingerprint density at radius 1 is 1.05 bits per heavy atom. The van der Waals surface area contributed by atoms with Gasteiger partial charge in [-0.05, 0) is 63.6 Å². The van der Waals surface area contributed by atoms with Gasteiger partial charge in [-0.1, -0.05) is 6.07 Å². The molecule has 0 aliphatic heterocycles. The predicted octanol–water partition coefficient (Wildman–Crippen LogP) is 2.95. The zero-order valence-electron chi connectivity index (χ0n) is 23.0. The van der Waals surface area contributed by atoms with E-state index in [1.807, 2.05) is 20.8 Å². The Morgan fingerprint density at radius 2 is 1.67 bits per heavy atom. The second kappa shape index (κ2) is 10.5. The Kier molecular flexibility index (Phi) is 7.38. The summed E-state index contributed by atoms with van der Waals surface area (Å²) in [6.45, 7) is 7.16. The lowest BCUT2D eigenvalue weighted by Crippen LogP contribution is -2.62. The molecule has 4 atom stereocenters. The lowest BCUT2D eigenvalue weighted by Gasteiger charge is -2.61. The highest BCUT2D eigenvalue weighted by Crippen LogP contribution is 2.63. The van der Waals surface area contributed by atoms with Crippen LogP contribution < -0.4 is 9.47 Å². The van der Waals surface area contributed by atoms with Crippen LogP contribution in [0, 0.1) is 18.8 Å². The van der Waals surface area contributed by atoms with Crippen molar-refractivity contribution in [2.75, 3.05) is 14.2 Å². The molecule has 0 saturated heterocycles. The number of aryl methyl sites for hydroxylation is 1. The van der Waals surface area contributed by atoms with Crippen LogP contribution in [-0.4, -0.2) is 69.9 Å². The fourth-order valence-corrected chi connectivity index (χ4v) is 6.82. The Bertz CT molecular complexity index is 1410. The number of para-hydroxylation sites is 1. The van der Waals surface area contributed by atoms with E-state index < -0.39 is 26.9 Å². The summed E-state index contributed by atoms with van der Waals surface area (Å²) in [5.74, 6) is 1.84. The number of nitrogens with zero attached hydrogens (tertiary/aromatic N) is 5. The first-order chi connectivity index (χ1) is 18.6. The van der Waals surface area contributed by atoms with Crippen molar-refractivity contribution in [3.63, 3.8) is 0 Å². The quantitative estimate of drug-likeness (QED) is 0.374. The molecule has 3 aromatic rings. The van der Waals surface area contributed by atoms with Gasteiger partial charge in [-0.15, -0.1) is 10.2 Å². The van der Waals surface area contributed by atoms with Crippen molar-refractivity contribution in [2.24, 2.45) is 11.8 Å². The molecule has 1 N–H and O–H groups in total. The van der Waals surface area contributed by atoms with Gasteiger partial charge in [0.1, 0.15) is 34.9 Å². The van der Waals surface area contributed by atoms with Crippen molar-refractivity contribution in [2.45, 2.75) is 69.3 Å². The van der Waals surface area contributed by atoms with Crippen molar-refractivity contribution >= 4 is 9.84 Å². The van der Waals surface area contributed by atoms with E-state index in [-0.39, 0.29) is 35.8 Å². The highest BCUT2D eigenvalue weighted by atomic mass is 32.2. The fourth-order valence-electron chi connectivity index (χ4n) is 5.45. The van der Waals surface area contributed by atoms with Crippen molar-refractivity contribution in [1.82, 2.24) is 24.7 Å². The van der Waals surface area contributed by atoms with Crippen molar-refractivity contribution in [1.29, 1.82) is 0 Å². The first kappa shape index (κ1) is 27.5. The second-order valence-electron chi connectivity index (χ2n) is 10.6. The minimum Gasteiger partial charge on any atom is -0.494 e. The average Bonchev–Trinajstić information content (AvgIpc) is 3.26. The number of aromatic nitrogens is 5. The first-order valence-electron chi connectivity index (χ1n) is 13.1. The van der Waals surface area contributed by atoms with Crippen LogP contribution in [0.4, 0.5) is 0 Å². The van der Waals surface area contributed by atoms with E-state index in [1.54, 1.807) is 56.3 Å². The number of rotatable bonds is 11. The molecule has 0 amide bonds. The van der Waals surface area contributed by atoms with Crippen LogP contribution in [0.1, 0.15) is 62.3 Å². The largest absolute Gasteiger partial charge is 0.494 e. The molecule has 12 heteroatoms. The molecule has 3 aliphatic carbocycles. The zero-order valence-corrected chi connectivity index (χ0v) is 23.8. The molecule has 39 heavy (non-hydrogen) atoms. The minimum absolute atomic E-state index is 0.0195. The van der Waals surface area contributed by atoms with E-state index in [0.717, 1.165) is 12.0 Å². The molecule has 11 nitrogen and oxygen atoms in total. The van der Waals surface area contributed by atoms with Gasteiger partial charge in [-0.2, -0.15) is 0 Å². The summed E-state index contributed by atoms with van der Waals surface area (Å²) in [5, 5.41) is 18.1. The highest BCUT2D eigenvalue weighted by Gasteiger charge is 2.63. The van der Waals surface area contributed by atoms with Crippen LogP contribution in [-0.2, 0) is 20.3 Å². The lowest BCUT2D eigenvalue weighted by molar-refractivity contribution is -0.178. The number of methoxy groups -OCH3 is 2. The van der Waals surface area contributed by atoms with E-state index >= 15 is 0 Å². The summed E-state index contributed by atoms with van der Waals surface area (Å²) in [7, 11) is -0.775. The van der Waals surface area contributed by atoms with Crippen LogP contribution in [0.15, 0.2) is 30.6 Å². The number of ether oxygens (including phenoxy) is 3. The fraction of sp³-hybridized carbons (Fsp3) is 0.556. The van der Waals surface area contributed by atoms with Crippen molar-refractivity contribution in [3.8, 4) is 17.2 Å². The van der Waals surface area contributed by atoms with E-state index in [0.29, 0.717) is 28.8 Å². The molecule has 3 aliphatic rings. The van der Waals surface area contributed by atoms with Gasteiger partial charge < -0.3 is 19.3 Å². The first-order valence-corrected chi connectivity index (χ1v) is 14.8. The summed E-state index contributed by atoms with van der Waals surface area (Å²) in [4.78, 5) is 8.72. The van der Waals surface area contributed by atoms with Crippen molar-refractivity contribution in [3.05, 3.63) is 53.6 Å². The van der Waals surface area contributed by atoms with Crippen LogP contribution in [0.3, 0.4) is 0 Å². The minimum atomic E-state index is -3.86. The smallest absolute Gasteiger partial charge is 0.163 e. The molecule has 210 valence electrons. The summed E-state index contributed by atoms with van der Waals surface area (Å²) < 4.78 is 46.9. The normalized spacial score (nSPS) is 23.6. The summed E-state index contributed by atoms with van der Waals surface area (Å²) in [6.07, 6.45) is 2.72. The van der Waals surface area contributed by atoms with Gasteiger partial charge in [0, 0.05) is 18.3 Å². The summed E-state index contributed by atoms with van der Waals surface area (Å²) >= 11 is 0. The summed E-state index contributed by atoms with van der Waals surface area (Å²) in [5.41, 5.74) is 1.39. The third kappa shape index (κ3) is 4.78. The SMILES string of the molecule is COc1cccc(OC)c1-n1c(CS(=O)(=O)[C@@H](C)[C@@H](OC(C)C)c2ncc(C)cn2)nnc1C1C2CC1C2O. The second-order valence-corrected chi connectivity index (χ2v) is 13.0. The van der Waals surface area contributed by atoms with Gasteiger partial charge >= 0.3 is 0 Å². The van der Waals surface area contributed by atoms with Gasteiger partial charge in [0.2, 0.25) is 0 Å². The molecule has 1 aromatic carbocycles. The molecule has 0 spiro atoms. The van der Waals surface area contributed by atoms with Crippen molar-refractivity contribution < 1.29 is 27.7 Å². The Morgan fingerprint density at radius 3 is 2.18 bits per heavy atom. The number of aliphatic hydroxyl groups excluding tert-OH is 1. The highest BCUT2D eigenvalue weighted by molar-refractivity contribution is 7.91. The van der Waals surface area contributed by atoms with Crippen LogP contribution in [0.25, 0.3) is 5.69 Å². The van der Waals surface area contributed by atoms with Crippen LogP contribution in [0.5, 0.6) is 11.5 Å². The standard InChI is InChI=1S/C27H35N5O6S/c1-14(2)38-25(26-28-11-15(3)12-29-26)16(4)39(34,35)13-21-30-31-27(22-17-10-18(22)24(17)33)32(21)23-19(36-5)8-7-9-20(23)37-6/h7-9,11-12,14,16-18,22,24-25,33H,10,13H2,1-6H3/t16-,17?,18?,22?,24?,25+/m0/s1. The van der Waals surface area contributed by atoms with Gasteiger partial charge in [0.25, 0.3) is 0 Å². The van der Waals surface area contributed by atoms with E-state index in [2.05, 4.69) is 20.2 Å². The van der Waals surface area contributed by atoms with E-state index in [4.69, 9.17) is 14.2 Å². The number of sulfone groups is 1. The maximum Gasteiger partial charge on any atom is 0.163 e. The third-order valence-electron chi connectivity index (χ3n) is 7.82. The van der Waals surface area contributed by atoms with Crippen LogP contribution in [0.2, 0.25) is 0 Å². The number of benzene rings is 1. The number of hydrogen-bond acceptors (Lipinski definition) is 10. The maximum atomic E-state index is 13.9. The number of aliphatic hydroxyl groups is 1. The molecule has 6 rings (SSSR count). The molecule has 2 unspecified atom stereocenters. The molecular weight excluding hydrogens is 522 g/mol.